The number of H-pyrrole nitrogens is 2. The van der Waals surface area contributed by atoms with Crippen LogP contribution in [0.1, 0.15) is 42.4 Å². The molecule has 1 saturated heterocycles. The first-order chi connectivity index (χ1) is 20.0. The van der Waals surface area contributed by atoms with Gasteiger partial charge >= 0.3 is 0 Å². The third-order valence-corrected chi connectivity index (χ3v) is 8.82. The number of carbonyl (C=O) groups is 1. The van der Waals surface area contributed by atoms with Crippen molar-refractivity contribution in [3.8, 4) is 17.1 Å². The smallest absolute Gasteiger partial charge is 0.227 e. The average Bonchev–Trinajstić information content (AvgIpc) is 3.56. The van der Waals surface area contributed by atoms with E-state index in [9.17, 15) is 9.18 Å². The van der Waals surface area contributed by atoms with Crippen molar-refractivity contribution in [1.82, 2.24) is 29.7 Å². The Balaban J connectivity index is 1.22. The van der Waals surface area contributed by atoms with Crippen LogP contribution < -0.4 is 4.74 Å². The fourth-order valence-corrected chi connectivity index (χ4v) is 6.34. The van der Waals surface area contributed by atoms with Gasteiger partial charge in [0.1, 0.15) is 17.7 Å². The Morgan fingerprint density at radius 1 is 1.12 bits per heavy atom. The summed E-state index contributed by atoms with van der Waals surface area (Å²) in [6, 6.07) is 15.0. The van der Waals surface area contributed by atoms with Gasteiger partial charge in [-0.3, -0.25) is 9.69 Å². The van der Waals surface area contributed by atoms with E-state index in [1.54, 1.807) is 19.4 Å². The molecule has 8 nitrogen and oxygen atoms in total. The molecule has 0 radical (unpaired) electrons. The number of pyridine rings is 1. The van der Waals surface area contributed by atoms with Crippen LogP contribution in [0.3, 0.4) is 0 Å². The third kappa shape index (κ3) is 4.64. The minimum atomic E-state index is -0.307. The fraction of sp³-hybridized carbons (Fsp3) is 0.344. The van der Waals surface area contributed by atoms with Gasteiger partial charge in [-0.15, -0.1) is 0 Å². The van der Waals surface area contributed by atoms with Gasteiger partial charge in [-0.2, -0.15) is 0 Å². The number of rotatable bonds is 6. The standard InChI is InChI=1S/C32H33FN6O2/c1-19-23(24-15-21(33)10-11-27(24)35-19)16-30(40)39-13-12-38(22-7-5-8-22)18-29(39)31-34-17-28(36-31)25-14-20-6-3-4-9-26(20)37-32(25)41-2/h3-4,6,9-11,14-15,17,22,29,35H,5,7-8,12-13,16,18H2,1-2H3,(H,34,36). The van der Waals surface area contributed by atoms with Gasteiger partial charge in [0.15, 0.2) is 0 Å². The van der Waals surface area contributed by atoms with Gasteiger partial charge in [-0.25, -0.2) is 14.4 Å². The van der Waals surface area contributed by atoms with Crippen LogP contribution in [0, 0.1) is 12.7 Å². The number of amides is 1. The van der Waals surface area contributed by atoms with E-state index in [1.165, 1.54) is 31.4 Å². The number of benzene rings is 2. The maximum absolute atomic E-state index is 14.1. The lowest BCUT2D eigenvalue weighted by Crippen LogP contribution is -2.55. The van der Waals surface area contributed by atoms with Crippen molar-refractivity contribution in [2.75, 3.05) is 26.7 Å². The summed E-state index contributed by atoms with van der Waals surface area (Å²) in [5, 5.41) is 1.77. The number of nitrogens with zero attached hydrogens (tertiary/aromatic N) is 4. The molecule has 4 heterocycles. The molecule has 2 aromatic carbocycles. The normalized spacial score (nSPS) is 18.2. The SMILES string of the molecule is COc1nc2ccccc2cc1-c1cnc(C2CN(C3CCC3)CCN2C(=O)Cc2c(C)[nH]c3ccc(F)cc23)[nH]1. The zero-order chi connectivity index (χ0) is 28.1. The van der Waals surface area contributed by atoms with E-state index in [0.717, 1.165) is 63.2 Å². The Morgan fingerprint density at radius 3 is 2.78 bits per heavy atom. The van der Waals surface area contributed by atoms with Crippen LogP contribution in [0.4, 0.5) is 4.39 Å². The number of para-hydroxylation sites is 1. The van der Waals surface area contributed by atoms with Crippen molar-refractivity contribution < 1.29 is 13.9 Å². The van der Waals surface area contributed by atoms with E-state index in [1.807, 2.05) is 36.1 Å². The van der Waals surface area contributed by atoms with Crippen molar-refractivity contribution in [3.05, 3.63) is 77.6 Å². The highest BCUT2D eigenvalue weighted by molar-refractivity contribution is 5.90. The van der Waals surface area contributed by atoms with Crippen LogP contribution in [0.15, 0.2) is 54.7 Å². The summed E-state index contributed by atoms with van der Waals surface area (Å²) < 4.78 is 19.7. The average molecular weight is 553 g/mol. The fourth-order valence-electron chi connectivity index (χ4n) is 6.34. The van der Waals surface area contributed by atoms with Crippen LogP contribution in [0.5, 0.6) is 5.88 Å². The molecule has 1 saturated carbocycles. The summed E-state index contributed by atoms with van der Waals surface area (Å²) >= 11 is 0. The first-order valence-electron chi connectivity index (χ1n) is 14.3. The molecule has 5 aromatic rings. The van der Waals surface area contributed by atoms with Gasteiger partial charge in [0, 0.05) is 47.7 Å². The molecule has 1 aliphatic carbocycles. The van der Waals surface area contributed by atoms with E-state index < -0.39 is 0 Å². The number of imidazole rings is 1. The molecule has 210 valence electrons. The number of aromatic amines is 2. The molecule has 0 spiro atoms. The Bertz CT molecular complexity index is 1760. The second kappa shape index (κ2) is 10.3. The highest BCUT2D eigenvalue weighted by Crippen LogP contribution is 2.35. The Hall–Kier alpha value is -4.24. The van der Waals surface area contributed by atoms with Crippen molar-refractivity contribution in [2.24, 2.45) is 0 Å². The van der Waals surface area contributed by atoms with E-state index in [2.05, 4.69) is 20.9 Å². The first-order valence-corrected chi connectivity index (χ1v) is 14.3. The largest absolute Gasteiger partial charge is 0.480 e. The lowest BCUT2D eigenvalue weighted by Gasteiger charge is -2.46. The van der Waals surface area contributed by atoms with Crippen LogP contribution >= 0.6 is 0 Å². The minimum Gasteiger partial charge on any atom is -0.480 e. The van der Waals surface area contributed by atoms with E-state index in [4.69, 9.17) is 14.7 Å². The maximum atomic E-state index is 14.1. The molecule has 1 atom stereocenters. The predicted molar refractivity (Wildman–Crippen MR) is 156 cm³/mol. The molecule has 2 N–H and O–H groups in total. The van der Waals surface area contributed by atoms with Gasteiger partial charge in [0.25, 0.3) is 0 Å². The number of halogens is 1. The monoisotopic (exact) mass is 552 g/mol. The zero-order valence-corrected chi connectivity index (χ0v) is 23.3. The summed E-state index contributed by atoms with van der Waals surface area (Å²) in [7, 11) is 1.62. The third-order valence-electron chi connectivity index (χ3n) is 8.82. The highest BCUT2D eigenvalue weighted by Gasteiger charge is 2.37. The summed E-state index contributed by atoms with van der Waals surface area (Å²) in [6.07, 6.45) is 5.66. The number of hydrogen-bond donors (Lipinski definition) is 2. The molecule has 1 unspecified atom stereocenters. The minimum absolute atomic E-state index is 0.0134. The van der Waals surface area contributed by atoms with Crippen LogP contribution in [0.2, 0.25) is 0 Å². The number of aromatic nitrogens is 4. The lowest BCUT2D eigenvalue weighted by atomic mass is 9.90. The van der Waals surface area contributed by atoms with Crippen molar-refractivity contribution >= 4 is 27.7 Å². The number of nitrogens with one attached hydrogen (secondary N) is 2. The second-order valence-corrected chi connectivity index (χ2v) is 11.2. The number of carbonyl (C=O) groups excluding carboxylic acids is 1. The van der Waals surface area contributed by atoms with Crippen LogP contribution in [-0.4, -0.2) is 68.4 Å². The van der Waals surface area contributed by atoms with Crippen molar-refractivity contribution in [1.29, 1.82) is 0 Å². The predicted octanol–water partition coefficient (Wildman–Crippen LogP) is 5.54. The number of fused-ring (bicyclic) bond motifs is 2. The number of aryl methyl sites for hydroxylation is 1. The highest BCUT2D eigenvalue weighted by atomic mass is 19.1. The Kier molecular flexibility index (Phi) is 6.46. The van der Waals surface area contributed by atoms with Gasteiger partial charge < -0.3 is 19.6 Å². The number of methoxy groups -OCH3 is 1. The molecule has 41 heavy (non-hydrogen) atoms. The lowest BCUT2D eigenvalue weighted by molar-refractivity contribution is -0.136. The maximum Gasteiger partial charge on any atom is 0.227 e. The van der Waals surface area contributed by atoms with Crippen LogP contribution in [0.25, 0.3) is 33.1 Å². The second-order valence-electron chi connectivity index (χ2n) is 11.2. The van der Waals surface area contributed by atoms with Crippen LogP contribution in [-0.2, 0) is 11.2 Å². The number of ether oxygens (including phenoxy) is 1. The molecular weight excluding hydrogens is 519 g/mol. The van der Waals surface area contributed by atoms with Crippen molar-refractivity contribution in [3.63, 3.8) is 0 Å². The first kappa shape index (κ1) is 25.7. The molecule has 2 fully saturated rings. The van der Waals surface area contributed by atoms with E-state index >= 15 is 0 Å². The number of hydrogen-bond acceptors (Lipinski definition) is 5. The molecule has 1 aliphatic heterocycles. The van der Waals surface area contributed by atoms with Gasteiger partial charge in [-0.1, -0.05) is 24.6 Å². The van der Waals surface area contributed by atoms with E-state index in [0.29, 0.717) is 18.5 Å². The van der Waals surface area contributed by atoms with Crippen molar-refractivity contribution in [2.45, 2.75) is 44.7 Å². The molecule has 1 amide bonds. The Labute approximate surface area is 237 Å². The van der Waals surface area contributed by atoms with Gasteiger partial charge in [0.05, 0.1) is 36.5 Å². The zero-order valence-electron chi connectivity index (χ0n) is 23.3. The van der Waals surface area contributed by atoms with Gasteiger partial charge in [0.2, 0.25) is 11.8 Å². The number of piperazine rings is 1. The molecule has 2 aliphatic rings. The van der Waals surface area contributed by atoms with Gasteiger partial charge in [-0.05, 0) is 55.7 Å². The summed E-state index contributed by atoms with van der Waals surface area (Å²) in [5.74, 6) is 0.973. The molecular formula is C32H33FN6O2. The van der Waals surface area contributed by atoms with E-state index in [-0.39, 0.29) is 24.2 Å². The topological polar surface area (TPSA) is 90.1 Å². The quantitative estimate of drug-likeness (QED) is 0.289. The molecule has 3 aromatic heterocycles. The molecule has 7 rings (SSSR count). The summed E-state index contributed by atoms with van der Waals surface area (Å²) in [4.78, 5) is 34.7. The Morgan fingerprint density at radius 2 is 1.98 bits per heavy atom. The summed E-state index contributed by atoms with van der Waals surface area (Å²) in [6.45, 7) is 4.12. The summed E-state index contributed by atoms with van der Waals surface area (Å²) in [5.41, 5.74) is 5.06. The molecule has 0 bridgehead atoms. The molecule has 9 heteroatoms.